The summed E-state index contributed by atoms with van der Waals surface area (Å²) in [5.74, 6) is 1.38. The van der Waals surface area contributed by atoms with E-state index in [2.05, 4.69) is 41.4 Å². The monoisotopic (exact) mass is 309 g/mol. The van der Waals surface area contributed by atoms with E-state index in [4.69, 9.17) is 4.74 Å². The van der Waals surface area contributed by atoms with Gasteiger partial charge in [0.1, 0.15) is 0 Å². The Morgan fingerprint density at radius 3 is 2.73 bits per heavy atom. The number of aliphatic imine (C=N–C) groups is 1. The van der Waals surface area contributed by atoms with Crippen LogP contribution in [-0.2, 0) is 11.3 Å². The summed E-state index contributed by atoms with van der Waals surface area (Å²) in [5, 5.41) is 6.61. The smallest absolute Gasteiger partial charge is 0.191 e. The Hall–Kier alpha value is -1.56. The lowest BCUT2D eigenvalue weighted by atomic mass is 10.0. The van der Waals surface area contributed by atoms with Gasteiger partial charge in [-0.1, -0.05) is 13.8 Å². The summed E-state index contributed by atoms with van der Waals surface area (Å²) in [5.41, 5.74) is 0. The summed E-state index contributed by atoms with van der Waals surface area (Å²) in [6, 6.07) is 0. The van der Waals surface area contributed by atoms with E-state index in [-0.39, 0.29) is 6.10 Å². The predicted octanol–water partition coefficient (Wildman–Crippen LogP) is 1.89. The molecular weight excluding hydrogens is 278 g/mol. The van der Waals surface area contributed by atoms with Crippen molar-refractivity contribution in [3.63, 3.8) is 0 Å². The maximum absolute atomic E-state index is 5.75. The number of rotatable bonds is 10. The molecule has 0 fully saturated rings. The Labute approximate surface area is 134 Å². The molecule has 6 nitrogen and oxygen atoms in total. The lowest BCUT2D eigenvalue weighted by Crippen LogP contribution is -2.39. The highest BCUT2D eigenvalue weighted by Crippen LogP contribution is 2.10. The van der Waals surface area contributed by atoms with Gasteiger partial charge in [0.15, 0.2) is 5.96 Å². The summed E-state index contributed by atoms with van der Waals surface area (Å²) < 4.78 is 7.80. The molecule has 0 aliphatic heterocycles. The first-order valence-corrected chi connectivity index (χ1v) is 8.26. The number of ether oxygens (including phenoxy) is 1. The summed E-state index contributed by atoms with van der Waals surface area (Å²) in [4.78, 5) is 8.66. The van der Waals surface area contributed by atoms with Gasteiger partial charge < -0.3 is 19.9 Å². The fourth-order valence-corrected chi connectivity index (χ4v) is 2.19. The lowest BCUT2D eigenvalue weighted by Gasteiger charge is -2.20. The number of imidazole rings is 1. The van der Waals surface area contributed by atoms with Crippen LogP contribution in [0.3, 0.4) is 0 Å². The Balaban J connectivity index is 2.36. The molecule has 0 spiro atoms. The van der Waals surface area contributed by atoms with E-state index in [1.165, 1.54) is 0 Å². The zero-order chi connectivity index (χ0) is 16.2. The minimum Gasteiger partial charge on any atom is -0.378 e. The van der Waals surface area contributed by atoms with Gasteiger partial charge in [0, 0.05) is 45.2 Å². The molecular formula is C16H31N5O. The van der Waals surface area contributed by atoms with Gasteiger partial charge in [0.25, 0.3) is 0 Å². The van der Waals surface area contributed by atoms with Crippen LogP contribution in [0, 0.1) is 5.92 Å². The van der Waals surface area contributed by atoms with Gasteiger partial charge in [0.05, 0.1) is 12.4 Å². The summed E-state index contributed by atoms with van der Waals surface area (Å²) in [6.45, 7) is 12.6. The van der Waals surface area contributed by atoms with E-state index in [1.807, 2.05) is 24.0 Å². The van der Waals surface area contributed by atoms with E-state index in [1.54, 1.807) is 6.20 Å². The minimum atomic E-state index is 0.280. The molecule has 1 rings (SSSR count). The van der Waals surface area contributed by atoms with Crippen molar-refractivity contribution < 1.29 is 4.74 Å². The second-order valence-corrected chi connectivity index (χ2v) is 5.51. The summed E-state index contributed by atoms with van der Waals surface area (Å²) >= 11 is 0. The van der Waals surface area contributed by atoms with E-state index >= 15 is 0 Å². The Kier molecular flexibility index (Phi) is 9.30. The molecule has 0 radical (unpaired) electrons. The average Bonchev–Trinajstić information content (AvgIpc) is 2.99. The predicted molar refractivity (Wildman–Crippen MR) is 91.1 cm³/mol. The van der Waals surface area contributed by atoms with Gasteiger partial charge in [-0.3, -0.25) is 4.99 Å². The van der Waals surface area contributed by atoms with E-state index in [0.29, 0.717) is 5.92 Å². The van der Waals surface area contributed by atoms with Crippen LogP contribution >= 0.6 is 0 Å². The molecule has 6 heteroatoms. The third-order valence-corrected chi connectivity index (χ3v) is 3.37. The zero-order valence-corrected chi connectivity index (χ0v) is 14.4. The van der Waals surface area contributed by atoms with Gasteiger partial charge in [0.2, 0.25) is 0 Å². The van der Waals surface area contributed by atoms with Crippen molar-refractivity contribution in [2.24, 2.45) is 10.9 Å². The van der Waals surface area contributed by atoms with Crippen LogP contribution in [-0.4, -0.2) is 47.9 Å². The molecule has 1 aromatic heterocycles. The first-order valence-electron chi connectivity index (χ1n) is 8.26. The maximum Gasteiger partial charge on any atom is 0.191 e. The molecule has 1 unspecified atom stereocenters. The Morgan fingerprint density at radius 1 is 1.32 bits per heavy atom. The van der Waals surface area contributed by atoms with Crippen molar-refractivity contribution in [2.75, 3.05) is 26.2 Å². The van der Waals surface area contributed by atoms with Gasteiger partial charge >= 0.3 is 0 Å². The first kappa shape index (κ1) is 18.5. The zero-order valence-electron chi connectivity index (χ0n) is 14.4. The summed E-state index contributed by atoms with van der Waals surface area (Å²) in [7, 11) is 0. The normalized spacial score (nSPS) is 13.4. The molecule has 126 valence electrons. The van der Waals surface area contributed by atoms with Crippen LogP contribution in [0.15, 0.2) is 23.7 Å². The maximum atomic E-state index is 5.75. The lowest BCUT2D eigenvalue weighted by molar-refractivity contribution is 0.0266. The fraction of sp³-hybridized carbons (Fsp3) is 0.750. The second kappa shape index (κ2) is 11.1. The van der Waals surface area contributed by atoms with Crippen molar-refractivity contribution in [1.82, 2.24) is 20.2 Å². The first-order chi connectivity index (χ1) is 10.7. The topological polar surface area (TPSA) is 63.5 Å². The van der Waals surface area contributed by atoms with Crippen molar-refractivity contribution in [2.45, 2.75) is 46.8 Å². The van der Waals surface area contributed by atoms with Crippen molar-refractivity contribution in [3.8, 4) is 0 Å². The number of aromatic nitrogens is 2. The highest BCUT2D eigenvalue weighted by molar-refractivity contribution is 5.79. The van der Waals surface area contributed by atoms with Gasteiger partial charge in [-0.2, -0.15) is 0 Å². The second-order valence-electron chi connectivity index (χ2n) is 5.51. The third-order valence-electron chi connectivity index (χ3n) is 3.37. The van der Waals surface area contributed by atoms with Crippen LogP contribution in [0.4, 0.5) is 0 Å². The van der Waals surface area contributed by atoms with Gasteiger partial charge in [-0.05, 0) is 26.2 Å². The molecule has 0 saturated carbocycles. The van der Waals surface area contributed by atoms with Crippen LogP contribution in [0.2, 0.25) is 0 Å². The highest BCUT2D eigenvalue weighted by Gasteiger charge is 2.12. The third kappa shape index (κ3) is 7.45. The molecule has 22 heavy (non-hydrogen) atoms. The minimum absolute atomic E-state index is 0.280. The van der Waals surface area contributed by atoms with Crippen LogP contribution in [0.25, 0.3) is 0 Å². The summed E-state index contributed by atoms with van der Waals surface area (Å²) in [6.07, 6.45) is 6.80. The van der Waals surface area contributed by atoms with Crippen molar-refractivity contribution >= 4 is 5.96 Å². The highest BCUT2D eigenvalue weighted by atomic mass is 16.5. The van der Waals surface area contributed by atoms with Crippen molar-refractivity contribution in [3.05, 3.63) is 18.7 Å². The largest absolute Gasteiger partial charge is 0.378 e. The molecule has 0 saturated heterocycles. The fourth-order valence-electron chi connectivity index (χ4n) is 2.19. The van der Waals surface area contributed by atoms with Crippen molar-refractivity contribution in [1.29, 1.82) is 0 Å². The Bertz CT molecular complexity index is 403. The molecule has 0 aliphatic rings. The molecule has 0 aliphatic carbocycles. The van der Waals surface area contributed by atoms with E-state index < -0.39 is 0 Å². The molecule has 0 amide bonds. The van der Waals surface area contributed by atoms with Gasteiger partial charge in [-0.15, -0.1) is 0 Å². The van der Waals surface area contributed by atoms with Crippen LogP contribution in [0.5, 0.6) is 0 Å². The molecule has 2 N–H and O–H groups in total. The van der Waals surface area contributed by atoms with E-state index in [9.17, 15) is 0 Å². The quantitative estimate of drug-likeness (QED) is 0.512. The standard InChI is InChI=1S/C16H31N5O/c1-5-18-16(20-10-12-21-11-9-17-13-21)19-8-7-15(14(3)4)22-6-2/h9,11,13-15H,5-8,10,12H2,1-4H3,(H2,18,19,20). The molecule has 0 aromatic carbocycles. The van der Waals surface area contributed by atoms with Crippen LogP contribution in [0.1, 0.15) is 34.1 Å². The number of hydrogen-bond donors (Lipinski definition) is 2. The number of guanidine groups is 1. The molecule has 0 bridgehead atoms. The number of nitrogens with zero attached hydrogens (tertiary/aromatic N) is 3. The van der Waals surface area contributed by atoms with E-state index in [0.717, 1.165) is 45.2 Å². The van der Waals surface area contributed by atoms with Crippen LogP contribution < -0.4 is 10.6 Å². The Morgan fingerprint density at radius 2 is 2.14 bits per heavy atom. The van der Waals surface area contributed by atoms with Gasteiger partial charge in [-0.25, -0.2) is 4.98 Å². The number of hydrogen-bond acceptors (Lipinski definition) is 3. The SMILES string of the molecule is CCNC(=NCCC(OCC)C(C)C)NCCn1ccnc1. The molecule has 1 aromatic rings. The average molecular weight is 309 g/mol. The molecule has 1 atom stereocenters. The number of nitrogens with one attached hydrogen (secondary N) is 2. The molecule has 1 heterocycles.